The van der Waals surface area contributed by atoms with Gasteiger partial charge in [0.05, 0.1) is 11.0 Å². The monoisotopic (exact) mass is 938 g/mol. The van der Waals surface area contributed by atoms with Crippen LogP contribution in [0, 0.1) is 45.0 Å². The minimum Gasteiger partial charge on any atom is -0.328 e. The molecule has 9 rings (SSSR count). The molecule has 1 saturated carbocycles. The molecule has 5 aromatic carbocycles. The Hall–Kier alpha value is -5.22. The third-order valence-electron chi connectivity index (χ3n) is 10.8. The van der Waals surface area contributed by atoms with Crippen LogP contribution in [0.4, 0.5) is 0 Å². The molecular weight excluding hydrogens is 873 g/mol. The van der Waals surface area contributed by atoms with Gasteiger partial charge in [-0.15, -0.1) is 59.2 Å². The first-order valence-corrected chi connectivity index (χ1v) is 18.7. The molecule has 0 saturated heterocycles. The Morgan fingerprint density at radius 1 is 0.702 bits per heavy atom. The molecule has 1 fully saturated rings. The maximum Gasteiger partial charge on any atom is 0.139 e. The van der Waals surface area contributed by atoms with Gasteiger partial charge in [-0.25, -0.2) is 4.98 Å². The second kappa shape index (κ2) is 16.7. The van der Waals surface area contributed by atoms with Crippen molar-refractivity contribution in [2.24, 2.45) is 12.4 Å². The molecule has 57 heavy (non-hydrogen) atoms. The van der Waals surface area contributed by atoms with Crippen LogP contribution >= 0.6 is 0 Å². The summed E-state index contributed by atoms with van der Waals surface area (Å²) in [5.74, 6) is 0.841. The quantitative estimate of drug-likeness (QED) is 0.162. The number of aryl methyl sites for hydroxylation is 5. The van der Waals surface area contributed by atoms with Crippen molar-refractivity contribution in [3.05, 3.63) is 162 Å². The average Bonchev–Trinajstić information content (AvgIpc) is 3.72. The van der Waals surface area contributed by atoms with E-state index in [-0.39, 0.29) is 53.9 Å². The van der Waals surface area contributed by atoms with E-state index >= 15 is 0 Å². The van der Waals surface area contributed by atoms with Gasteiger partial charge < -0.3 is 14.5 Å². The van der Waals surface area contributed by atoms with Crippen LogP contribution in [0.25, 0.3) is 66.8 Å². The molecule has 3 aromatic heterocycles. The standard InChI is InChI=1S/C39H38N3.C13H12N.Ir/c1-25-23-34(40-24-26(25)2)33-8-6-7-31-17-18-35-37(36(31)33)41-38(42(35)5)32-15-13-28(14-16-32)27-9-11-29(12-10-27)30-19-21-39(3,4)22-20-30;1-10-3-6-12(7-4-10)13-8-5-11(2)9-14-13;/h6-7,9-18,23-24,30H,19-22H2,1-5H3;3-6,8-9H,1-2H3;/q2*-1;/i1D3,2D3,5D3;1D3,2D3;. The number of aromatic nitrogens is 4. The number of benzene rings is 5. The van der Waals surface area contributed by atoms with Crippen LogP contribution in [0.1, 0.15) is 93.8 Å². The first-order valence-electron chi connectivity index (χ1n) is 26.2. The number of nitrogens with zero attached hydrogens (tertiary/aromatic N) is 4. The molecule has 1 aliphatic carbocycles. The van der Waals surface area contributed by atoms with Crippen molar-refractivity contribution in [1.29, 1.82) is 0 Å². The summed E-state index contributed by atoms with van der Waals surface area (Å²) in [6, 6.07) is 38.3. The minimum absolute atomic E-state index is 0. The number of rotatable bonds is 5. The Morgan fingerprint density at radius 2 is 1.42 bits per heavy atom. The fraction of sp³-hybridized carbons (Fsp3) is 0.250. The normalized spacial score (nSPS) is 18.9. The van der Waals surface area contributed by atoms with E-state index in [2.05, 4.69) is 60.2 Å². The van der Waals surface area contributed by atoms with Crippen LogP contribution in [0.3, 0.4) is 0 Å². The molecular formula is C52H50IrN4-2. The number of pyridine rings is 2. The first kappa shape index (κ1) is 25.2. The third-order valence-corrected chi connectivity index (χ3v) is 10.8. The van der Waals surface area contributed by atoms with E-state index in [4.69, 9.17) is 25.5 Å². The van der Waals surface area contributed by atoms with Crippen LogP contribution in [0.15, 0.2) is 122 Å². The van der Waals surface area contributed by atoms with Crippen LogP contribution in [0.5, 0.6) is 0 Å². The van der Waals surface area contributed by atoms with Crippen molar-refractivity contribution in [1.82, 2.24) is 19.5 Å². The summed E-state index contributed by atoms with van der Waals surface area (Å²) in [7, 11) is 0. The van der Waals surface area contributed by atoms with Gasteiger partial charge in [-0.1, -0.05) is 110 Å². The van der Waals surface area contributed by atoms with Crippen molar-refractivity contribution < 1.29 is 40.7 Å². The Bertz CT molecular complexity index is 3120. The summed E-state index contributed by atoms with van der Waals surface area (Å²) in [5.41, 5.74) is 6.69. The van der Waals surface area contributed by atoms with E-state index in [0.29, 0.717) is 55.5 Å². The predicted molar refractivity (Wildman–Crippen MR) is 234 cm³/mol. The van der Waals surface area contributed by atoms with Gasteiger partial charge in [0.1, 0.15) is 5.82 Å². The van der Waals surface area contributed by atoms with Gasteiger partial charge in [0.15, 0.2) is 0 Å². The van der Waals surface area contributed by atoms with Crippen molar-refractivity contribution >= 4 is 21.8 Å². The molecule has 0 bridgehead atoms. The first-order chi connectivity index (χ1) is 33.1. The van der Waals surface area contributed by atoms with E-state index in [9.17, 15) is 0 Å². The average molecular weight is 938 g/mol. The number of imidazole rings is 1. The molecule has 0 atom stereocenters. The Kier molecular flexibility index (Phi) is 7.39. The number of hydrogen-bond donors (Lipinski definition) is 0. The fourth-order valence-corrected chi connectivity index (χ4v) is 7.47. The molecule has 0 spiro atoms. The summed E-state index contributed by atoms with van der Waals surface area (Å²) in [4.78, 5) is 13.4. The Balaban J connectivity index is 0.000000304. The van der Waals surface area contributed by atoms with Gasteiger partial charge in [0.2, 0.25) is 0 Å². The van der Waals surface area contributed by atoms with E-state index in [1.54, 1.807) is 30.3 Å². The Labute approximate surface area is 372 Å². The summed E-state index contributed by atoms with van der Waals surface area (Å²) >= 11 is 0. The second-order valence-electron chi connectivity index (χ2n) is 15.2. The largest absolute Gasteiger partial charge is 0.328 e. The van der Waals surface area contributed by atoms with Crippen LogP contribution in [-0.2, 0) is 27.1 Å². The maximum absolute atomic E-state index is 8.49. The van der Waals surface area contributed by atoms with Crippen LogP contribution < -0.4 is 0 Å². The van der Waals surface area contributed by atoms with Gasteiger partial charge in [0.25, 0.3) is 0 Å². The SMILES string of the molecule is [2H]C([2H])([2H])c1c[c-]c(-c2ccc(C([2H])([2H])[2H])cn2)cc1.[2H]C([2H])([2H])c1cnc(-c2[c-]ccc3ccc4c(nc(-c5ccc(-c6ccc(C7CCC(C)(C)CC7)cc6)cc5)n4C([2H])([2H])[2H])c23)cc1C([2H])([2H])[2H].[Ir]. The molecule has 4 nitrogen and oxygen atoms in total. The van der Waals surface area contributed by atoms with E-state index in [1.807, 2.05) is 30.3 Å². The third kappa shape index (κ3) is 8.56. The van der Waals surface area contributed by atoms with E-state index < -0.39 is 34.4 Å². The van der Waals surface area contributed by atoms with Gasteiger partial charge in [-0.3, -0.25) is 0 Å². The summed E-state index contributed by atoms with van der Waals surface area (Å²) in [6.45, 7) is -7.60. The van der Waals surface area contributed by atoms with Crippen molar-refractivity contribution in [3.8, 4) is 45.0 Å². The maximum atomic E-state index is 8.49. The molecule has 1 radical (unpaired) electrons. The fourth-order valence-electron chi connectivity index (χ4n) is 7.47. The molecule has 3 heterocycles. The predicted octanol–water partition coefficient (Wildman–Crippen LogP) is 13.4. The zero-order valence-electron chi connectivity index (χ0n) is 46.6. The van der Waals surface area contributed by atoms with E-state index in [1.165, 1.54) is 66.3 Å². The van der Waals surface area contributed by atoms with Crippen LogP contribution in [-0.4, -0.2) is 19.5 Å². The van der Waals surface area contributed by atoms with Crippen molar-refractivity contribution in [3.63, 3.8) is 0 Å². The zero-order valence-corrected chi connectivity index (χ0v) is 34.0. The molecule has 5 heteroatoms. The van der Waals surface area contributed by atoms with Gasteiger partial charge in [-0.2, -0.15) is 0 Å². The molecule has 289 valence electrons. The number of hydrogen-bond acceptors (Lipinski definition) is 3. The van der Waals surface area contributed by atoms with Crippen molar-refractivity contribution in [2.45, 2.75) is 72.9 Å². The van der Waals surface area contributed by atoms with E-state index in [0.717, 1.165) is 17.3 Å². The molecule has 1 aliphatic rings. The minimum atomic E-state index is -2.71. The molecule has 0 aliphatic heterocycles. The van der Waals surface area contributed by atoms with Crippen LogP contribution in [0.2, 0.25) is 0 Å². The van der Waals surface area contributed by atoms with Gasteiger partial charge in [0, 0.05) is 65.6 Å². The van der Waals surface area contributed by atoms with Crippen molar-refractivity contribution in [2.75, 3.05) is 0 Å². The topological polar surface area (TPSA) is 43.6 Å². The summed E-state index contributed by atoms with van der Waals surface area (Å²) in [6.07, 6.45) is 7.26. The second-order valence-corrected chi connectivity index (χ2v) is 15.2. The number of fused-ring (bicyclic) bond motifs is 3. The molecule has 8 aromatic rings. The zero-order chi connectivity index (χ0) is 51.5. The summed E-state index contributed by atoms with van der Waals surface area (Å²) < 4.78 is 118. The Morgan fingerprint density at radius 3 is 2.09 bits per heavy atom. The molecule has 0 unspecified atom stereocenters. The molecule has 0 amide bonds. The smallest absolute Gasteiger partial charge is 0.139 e. The molecule has 0 N–H and O–H groups in total. The summed E-state index contributed by atoms with van der Waals surface area (Å²) in [5, 5.41) is 1.24. The van der Waals surface area contributed by atoms with Gasteiger partial charge in [-0.05, 0) is 103 Å². The van der Waals surface area contributed by atoms with Gasteiger partial charge >= 0.3 is 0 Å².